The predicted molar refractivity (Wildman–Crippen MR) is 68.7 cm³/mol. The molecule has 1 rings (SSSR count). The van der Waals surface area contributed by atoms with Gasteiger partial charge in [0.15, 0.2) is 0 Å². The molecule has 1 fully saturated rings. The van der Waals surface area contributed by atoms with Gasteiger partial charge in [-0.15, -0.1) is 0 Å². The van der Waals surface area contributed by atoms with E-state index in [0.29, 0.717) is 0 Å². The second-order valence-corrected chi connectivity index (χ2v) is 5.77. The molecule has 1 amide bonds. The molecule has 1 aliphatic heterocycles. The van der Waals surface area contributed by atoms with Gasteiger partial charge in [-0.1, -0.05) is 6.92 Å². The van der Waals surface area contributed by atoms with Crippen LogP contribution in [0.2, 0.25) is 0 Å². The second kappa shape index (κ2) is 5.36. The molecule has 4 nitrogen and oxygen atoms in total. The fourth-order valence-corrected chi connectivity index (χ4v) is 2.15. The predicted octanol–water partition coefficient (Wildman–Crippen LogP) is 1.04. The van der Waals surface area contributed by atoms with Crippen molar-refractivity contribution in [3.8, 4) is 0 Å². The minimum absolute atomic E-state index is 0.0677. The first-order valence-electron chi connectivity index (χ1n) is 6.55. The van der Waals surface area contributed by atoms with Crippen molar-refractivity contribution in [1.29, 1.82) is 0 Å². The van der Waals surface area contributed by atoms with Gasteiger partial charge in [0.05, 0.1) is 17.1 Å². The van der Waals surface area contributed by atoms with Gasteiger partial charge in [-0.05, 0) is 46.6 Å². The van der Waals surface area contributed by atoms with Crippen LogP contribution in [0.5, 0.6) is 0 Å². The summed E-state index contributed by atoms with van der Waals surface area (Å²) in [5.41, 5.74) is -0.874. The number of aliphatic hydroxyl groups excluding tert-OH is 1. The monoisotopic (exact) mass is 242 g/mol. The van der Waals surface area contributed by atoms with E-state index in [2.05, 4.69) is 17.6 Å². The summed E-state index contributed by atoms with van der Waals surface area (Å²) in [6.45, 7) is 9.21. The van der Waals surface area contributed by atoms with Gasteiger partial charge >= 0.3 is 0 Å². The zero-order chi connectivity index (χ0) is 13.1. The average molecular weight is 242 g/mol. The molecular formula is C13H26N2O2. The average Bonchev–Trinajstić information content (AvgIpc) is 2.29. The van der Waals surface area contributed by atoms with Crippen LogP contribution in [0.25, 0.3) is 0 Å². The zero-order valence-electron chi connectivity index (χ0n) is 11.5. The lowest BCUT2D eigenvalue weighted by atomic mass is 9.76. The summed E-state index contributed by atoms with van der Waals surface area (Å²) in [7, 11) is 0. The number of piperidine rings is 1. The number of rotatable bonds is 4. The molecule has 0 spiro atoms. The van der Waals surface area contributed by atoms with Crippen molar-refractivity contribution in [3.05, 3.63) is 0 Å². The van der Waals surface area contributed by atoms with Crippen molar-refractivity contribution in [2.24, 2.45) is 5.41 Å². The lowest BCUT2D eigenvalue weighted by Gasteiger charge is -2.39. The summed E-state index contributed by atoms with van der Waals surface area (Å²) < 4.78 is 0. The van der Waals surface area contributed by atoms with Crippen molar-refractivity contribution >= 4 is 5.91 Å². The summed E-state index contributed by atoms with van der Waals surface area (Å²) in [4.78, 5) is 12.4. The van der Waals surface area contributed by atoms with Crippen molar-refractivity contribution < 1.29 is 9.90 Å². The van der Waals surface area contributed by atoms with Gasteiger partial charge in [0, 0.05) is 6.54 Å². The topological polar surface area (TPSA) is 61.4 Å². The van der Waals surface area contributed by atoms with Gasteiger partial charge in [0.25, 0.3) is 0 Å². The summed E-state index contributed by atoms with van der Waals surface area (Å²) in [5.74, 6) is 0.0677. The van der Waals surface area contributed by atoms with Crippen LogP contribution < -0.4 is 10.6 Å². The highest BCUT2D eigenvalue weighted by Crippen LogP contribution is 2.31. The third-order valence-electron chi connectivity index (χ3n) is 4.11. The molecule has 100 valence electrons. The normalized spacial score (nSPS) is 27.6. The standard InChI is InChI=1S/C13H26N2O2/c1-5-13(7-6-8-14-9-13)11(17)15-12(3,4)10(2)16/h10,14,16H,5-9H2,1-4H3,(H,15,17). The van der Waals surface area contributed by atoms with Crippen LogP contribution in [0.15, 0.2) is 0 Å². The fourth-order valence-electron chi connectivity index (χ4n) is 2.15. The lowest BCUT2D eigenvalue weighted by Crippen LogP contribution is -2.58. The van der Waals surface area contributed by atoms with E-state index in [9.17, 15) is 9.90 Å². The van der Waals surface area contributed by atoms with Gasteiger partial charge < -0.3 is 15.7 Å². The molecule has 0 bridgehead atoms. The molecule has 0 aromatic carbocycles. The SMILES string of the molecule is CCC1(C(=O)NC(C)(C)C(C)O)CCCNC1. The summed E-state index contributed by atoms with van der Waals surface area (Å²) in [5, 5.41) is 15.9. The van der Waals surface area contributed by atoms with Crippen LogP contribution in [0, 0.1) is 5.41 Å². The van der Waals surface area contributed by atoms with Crippen LogP contribution in [0.3, 0.4) is 0 Å². The highest BCUT2D eigenvalue weighted by Gasteiger charge is 2.40. The molecule has 0 radical (unpaired) electrons. The molecule has 1 heterocycles. The first kappa shape index (κ1) is 14.5. The molecule has 0 aromatic rings. The molecule has 2 unspecified atom stereocenters. The zero-order valence-corrected chi connectivity index (χ0v) is 11.5. The van der Waals surface area contributed by atoms with E-state index in [1.54, 1.807) is 6.92 Å². The van der Waals surface area contributed by atoms with Gasteiger partial charge in [-0.25, -0.2) is 0 Å². The first-order valence-corrected chi connectivity index (χ1v) is 6.55. The number of hydrogen-bond donors (Lipinski definition) is 3. The molecule has 0 saturated carbocycles. The molecule has 0 aromatic heterocycles. The minimum Gasteiger partial charge on any atom is -0.391 e. The molecule has 0 aliphatic carbocycles. The van der Waals surface area contributed by atoms with E-state index in [-0.39, 0.29) is 11.3 Å². The lowest BCUT2D eigenvalue weighted by molar-refractivity contribution is -0.135. The van der Waals surface area contributed by atoms with E-state index < -0.39 is 11.6 Å². The van der Waals surface area contributed by atoms with Crippen LogP contribution in [-0.2, 0) is 4.79 Å². The van der Waals surface area contributed by atoms with Crippen molar-refractivity contribution in [1.82, 2.24) is 10.6 Å². The van der Waals surface area contributed by atoms with Gasteiger partial charge in [-0.3, -0.25) is 4.79 Å². The second-order valence-electron chi connectivity index (χ2n) is 5.77. The number of nitrogens with one attached hydrogen (secondary N) is 2. The summed E-state index contributed by atoms with van der Waals surface area (Å²) in [6, 6.07) is 0. The Hall–Kier alpha value is -0.610. The number of carbonyl (C=O) groups excluding carboxylic acids is 1. The molecular weight excluding hydrogens is 216 g/mol. The summed E-state index contributed by atoms with van der Waals surface area (Å²) >= 11 is 0. The van der Waals surface area contributed by atoms with Crippen LogP contribution in [0.4, 0.5) is 0 Å². The van der Waals surface area contributed by atoms with Crippen LogP contribution in [-0.4, -0.2) is 35.7 Å². The van der Waals surface area contributed by atoms with Crippen molar-refractivity contribution in [2.75, 3.05) is 13.1 Å². The first-order chi connectivity index (χ1) is 7.84. The molecule has 1 aliphatic rings. The number of hydrogen-bond acceptors (Lipinski definition) is 3. The minimum atomic E-state index is -0.573. The van der Waals surface area contributed by atoms with E-state index in [0.717, 1.165) is 32.4 Å². The Balaban J connectivity index is 2.73. The number of amides is 1. The number of carbonyl (C=O) groups is 1. The molecule has 3 N–H and O–H groups in total. The quantitative estimate of drug-likeness (QED) is 0.690. The van der Waals surface area contributed by atoms with E-state index >= 15 is 0 Å². The number of aliphatic hydroxyl groups is 1. The van der Waals surface area contributed by atoms with Gasteiger partial charge in [-0.2, -0.15) is 0 Å². The maximum atomic E-state index is 12.4. The van der Waals surface area contributed by atoms with E-state index in [4.69, 9.17) is 0 Å². The van der Waals surface area contributed by atoms with Crippen molar-refractivity contribution in [2.45, 2.75) is 58.6 Å². The van der Waals surface area contributed by atoms with E-state index in [1.165, 1.54) is 0 Å². The molecule has 4 heteroatoms. The van der Waals surface area contributed by atoms with Crippen LogP contribution in [0.1, 0.15) is 47.0 Å². The fraction of sp³-hybridized carbons (Fsp3) is 0.923. The Labute approximate surface area is 104 Å². The molecule has 1 saturated heterocycles. The Morgan fingerprint density at radius 1 is 1.59 bits per heavy atom. The van der Waals surface area contributed by atoms with Gasteiger partial charge in [0.1, 0.15) is 0 Å². The van der Waals surface area contributed by atoms with Crippen molar-refractivity contribution in [3.63, 3.8) is 0 Å². The third kappa shape index (κ3) is 3.19. The molecule has 2 atom stereocenters. The largest absolute Gasteiger partial charge is 0.391 e. The smallest absolute Gasteiger partial charge is 0.227 e. The Morgan fingerprint density at radius 3 is 2.65 bits per heavy atom. The molecule has 17 heavy (non-hydrogen) atoms. The van der Waals surface area contributed by atoms with Crippen LogP contribution >= 0.6 is 0 Å². The maximum Gasteiger partial charge on any atom is 0.227 e. The van der Waals surface area contributed by atoms with E-state index in [1.807, 2.05) is 13.8 Å². The third-order valence-corrected chi connectivity index (χ3v) is 4.11. The Bertz CT molecular complexity index is 269. The highest BCUT2D eigenvalue weighted by molar-refractivity contribution is 5.83. The Morgan fingerprint density at radius 2 is 2.24 bits per heavy atom. The Kier molecular flexibility index (Phi) is 4.55. The highest BCUT2D eigenvalue weighted by atomic mass is 16.3. The van der Waals surface area contributed by atoms with Gasteiger partial charge in [0.2, 0.25) is 5.91 Å². The maximum absolute atomic E-state index is 12.4. The summed E-state index contributed by atoms with van der Waals surface area (Å²) in [6.07, 6.45) is 2.24.